The van der Waals surface area contributed by atoms with Gasteiger partial charge in [-0.2, -0.15) is 0 Å². The van der Waals surface area contributed by atoms with Gasteiger partial charge in [-0.05, 0) is 49.7 Å². The highest BCUT2D eigenvalue weighted by atomic mass is 35.5. The predicted octanol–water partition coefficient (Wildman–Crippen LogP) is 4.76. The highest BCUT2D eigenvalue weighted by Gasteiger charge is 2.20. The molecule has 1 aromatic heterocycles. The molecule has 0 spiro atoms. The first kappa shape index (κ1) is 25.9. The fourth-order valence-corrected chi connectivity index (χ4v) is 4.48. The van der Waals surface area contributed by atoms with E-state index >= 15 is 0 Å². The van der Waals surface area contributed by atoms with Gasteiger partial charge < -0.3 is 19.9 Å². The number of benzene rings is 2. The minimum absolute atomic E-state index is 0.120. The fraction of sp³-hybridized carbons (Fsp3) is 0.304. The standard InChI is InChI=1S/C23H25Cl2N5O3S/c1-4-30-22(14(2)26-20(31)11-15-5-8-17(33-3)9-6-15)28-29-23(30)34-13-21(32)27-19-10-7-16(24)12-18(19)25/h5-10,12,14H,4,11,13H2,1-3H3,(H,26,31)(H,27,32)/t14-/m0/s1. The van der Waals surface area contributed by atoms with Crippen LogP contribution in [0, 0.1) is 0 Å². The number of ether oxygens (including phenoxy) is 1. The summed E-state index contributed by atoms with van der Waals surface area (Å²) in [4.78, 5) is 24.9. The van der Waals surface area contributed by atoms with E-state index in [-0.39, 0.29) is 30.0 Å². The maximum atomic E-state index is 12.5. The minimum atomic E-state index is -0.353. The molecule has 34 heavy (non-hydrogen) atoms. The van der Waals surface area contributed by atoms with Gasteiger partial charge in [-0.15, -0.1) is 10.2 Å². The summed E-state index contributed by atoms with van der Waals surface area (Å²) in [5.74, 6) is 1.12. The highest BCUT2D eigenvalue weighted by molar-refractivity contribution is 7.99. The van der Waals surface area contributed by atoms with E-state index in [0.29, 0.717) is 33.3 Å². The average Bonchev–Trinajstić information content (AvgIpc) is 3.23. The molecule has 2 aromatic carbocycles. The van der Waals surface area contributed by atoms with Crippen LogP contribution in [0.1, 0.15) is 31.3 Å². The molecule has 0 aliphatic heterocycles. The second kappa shape index (κ2) is 12.1. The van der Waals surface area contributed by atoms with Gasteiger partial charge in [0, 0.05) is 11.6 Å². The fourth-order valence-electron chi connectivity index (χ4n) is 3.22. The van der Waals surface area contributed by atoms with Crippen molar-refractivity contribution in [1.82, 2.24) is 20.1 Å². The molecule has 8 nitrogen and oxygen atoms in total. The van der Waals surface area contributed by atoms with Crippen molar-refractivity contribution in [2.24, 2.45) is 0 Å². The van der Waals surface area contributed by atoms with Gasteiger partial charge in [-0.1, -0.05) is 47.1 Å². The van der Waals surface area contributed by atoms with Crippen molar-refractivity contribution >= 4 is 52.5 Å². The Morgan fingerprint density at radius 1 is 1.12 bits per heavy atom. The maximum absolute atomic E-state index is 12.5. The van der Waals surface area contributed by atoms with Gasteiger partial charge in [-0.3, -0.25) is 9.59 Å². The molecule has 3 aromatic rings. The summed E-state index contributed by atoms with van der Waals surface area (Å²) in [6.07, 6.45) is 0.240. The first-order chi connectivity index (χ1) is 16.3. The summed E-state index contributed by atoms with van der Waals surface area (Å²) >= 11 is 13.3. The molecule has 0 radical (unpaired) electrons. The number of anilines is 1. The van der Waals surface area contributed by atoms with Crippen LogP contribution in [0.15, 0.2) is 47.6 Å². The van der Waals surface area contributed by atoms with Crippen molar-refractivity contribution in [3.63, 3.8) is 0 Å². The third-order valence-electron chi connectivity index (χ3n) is 4.89. The summed E-state index contributed by atoms with van der Waals surface area (Å²) < 4.78 is 7.02. The molecule has 0 bridgehead atoms. The molecule has 2 N–H and O–H groups in total. The van der Waals surface area contributed by atoms with Gasteiger partial charge >= 0.3 is 0 Å². The molecule has 0 aliphatic rings. The first-order valence-corrected chi connectivity index (χ1v) is 12.3. The van der Waals surface area contributed by atoms with E-state index in [2.05, 4.69) is 20.8 Å². The summed E-state index contributed by atoms with van der Waals surface area (Å²) in [6.45, 7) is 4.40. The van der Waals surface area contributed by atoms with Crippen LogP contribution in [-0.2, 0) is 22.6 Å². The Balaban J connectivity index is 1.57. The normalized spacial score (nSPS) is 11.7. The lowest BCUT2D eigenvalue weighted by Crippen LogP contribution is -2.30. The number of hydrogen-bond donors (Lipinski definition) is 2. The van der Waals surface area contributed by atoms with Crippen LogP contribution in [0.5, 0.6) is 5.75 Å². The Kier molecular flexibility index (Phi) is 9.20. The number of hydrogen-bond acceptors (Lipinski definition) is 6. The lowest BCUT2D eigenvalue weighted by Gasteiger charge is -2.15. The molecule has 180 valence electrons. The number of nitrogens with one attached hydrogen (secondary N) is 2. The number of aromatic nitrogens is 3. The monoisotopic (exact) mass is 521 g/mol. The second-order valence-electron chi connectivity index (χ2n) is 7.36. The number of nitrogens with zero attached hydrogens (tertiary/aromatic N) is 3. The number of halogens is 2. The van der Waals surface area contributed by atoms with Crippen LogP contribution < -0.4 is 15.4 Å². The first-order valence-electron chi connectivity index (χ1n) is 10.5. The number of carbonyl (C=O) groups excluding carboxylic acids is 2. The number of methoxy groups -OCH3 is 1. The van der Waals surface area contributed by atoms with Gasteiger partial charge in [0.15, 0.2) is 11.0 Å². The van der Waals surface area contributed by atoms with Gasteiger partial charge in [0.2, 0.25) is 11.8 Å². The predicted molar refractivity (Wildman–Crippen MR) is 135 cm³/mol. The molecule has 0 fully saturated rings. The van der Waals surface area contributed by atoms with Crippen molar-refractivity contribution < 1.29 is 14.3 Å². The molecule has 0 aliphatic carbocycles. The number of amides is 2. The number of carbonyl (C=O) groups is 2. The van der Waals surface area contributed by atoms with Crippen LogP contribution in [0.3, 0.4) is 0 Å². The smallest absolute Gasteiger partial charge is 0.234 e. The van der Waals surface area contributed by atoms with Crippen LogP contribution >= 0.6 is 35.0 Å². The third-order valence-corrected chi connectivity index (χ3v) is 6.40. The Hall–Kier alpha value is -2.75. The zero-order valence-corrected chi connectivity index (χ0v) is 21.3. The SMILES string of the molecule is CCn1c(SCC(=O)Nc2ccc(Cl)cc2Cl)nnc1[C@H](C)NC(=O)Cc1ccc(OC)cc1. The van der Waals surface area contributed by atoms with E-state index < -0.39 is 0 Å². The van der Waals surface area contributed by atoms with Crippen LogP contribution in [0.4, 0.5) is 5.69 Å². The summed E-state index contributed by atoms with van der Waals surface area (Å²) in [7, 11) is 1.60. The van der Waals surface area contributed by atoms with Gasteiger partial charge in [0.25, 0.3) is 0 Å². The molecule has 0 saturated carbocycles. The summed E-state index contributed by atoms with van der Waals surface area (Å²) in [6, 6.07) is 11.9. The van der Waals surface area contributed by atoms with Crippen molar-refractivity contribution in [1.29, 1.82) is 0 Å². The summed E-state index contributed by atoms with van der Waals surface area (Å²) in [5, 5.41) is 15.6. The van der Waals surface area contributed by atoms with Crippen molar-refractivity contribution in [2.45, 2.75) is 38.0 Å². The number of rotatable bonds is 10. The van der Waals surface area contributed by atoms with E-state index in [9.17, 15) is 9.59 Å². The van der Waals surface area contributed by atoms with E-state index in [1.54, 1.807) is 25.3 Å². The van der Waals surface area contributed by atoms with E-state index in [1.807, 2.05) is 42.7 Å². The van der Waals surface area contributed by atoms with E-state index in [0.717, 1.165) is 11.3 Å². The summed E-state index contributed by atoms with van der Waals surface area (Å²) in [5.41, 5.74) is 1.37. The molecule has 1 heterocycles. The van der Waals surface area contributed by atoms with E-state index in [4.69, 9.17) is 27.9 Å². The molecular formula is C23H25Cl2N5O3S. The Labute approximate surface area is 212 Å². The Morgan fingerprint density at radius 3 is 2.50 bits per heavy atom. The molecule has 0 unspecified atom stereocenters. The van der Waals surface area contributed by atoms with Crippen molar-refractivity contribution in [3.05, 3.63) is 63.9 Å². The molecule has 3 rings (SSSR count). The van der Waals surface area contributed by atoms with Crippen LogP contribution in [0.25, 0.3) is 0 Å². The van der Waals surface area contributed by atoms with Crippen molar-refractivity contribution in [2.75, 3.05) is 18.2 Å². The van der Waals surface area contributed by atoms with Crippen LogP contribution in [-0.4, -0.2) is 39.4 Å². The average molecular weight is 522 g/mol. The number of thioether (sulfide) groups is 1. The lowest BCUT2D eigenvalue weighted by molar-refractivity contribution is -0.121. The Bertz CT molecular complexity index is 1150. The highest BCUT2D eigenvalue weighted by Crippen LogP contribution is 2.26. The molecule has 11 heteroatoms. The van der Waals surface area contributed by atoms with E-state index in [1.165, 1.54) is 11.8 Å². The molecular weight excluding hydrogens is 497 g/mol. The van der Waals surface area contributed by atoms with Gasteiger partial charge in [-0.25, -0.2) is 0 Å². The van der Waals surface area contributed by atoms with Crippen molar-refractivity contribution in [3.8, 4) is 5.75 Å². The Morgan fingerprint density at radius 2 is 1.85 bits per heavy atom. The zero-order valence-electron chi connectivity index (χ0n) is 19.0. The lowest BCUT2D eigenvalue weighted by atomic mass is 10.1. The third kappa shape index (κ3) is 6.88. The van der Waals surface area contributed by atoms with Gasteiger partial charge in [0.05, 0.1) is 36.0 Å². The van der Waals surface area contributed by atoms with Crippen LogP contribution in [0.2, 0.25) is 10.0 Å². The topological polar surface area (TPSA) is 98.1 Å². The van der Waals surface area contributed by atoms with Gasteiger partial charge in [0.1, 0.15) is 5.75 Å². The molecule has 1 atom stereocenters. The largest absolute Gasteiger partial charge is 0.497 e. The molecule has 0 saturated heterocycles. The second-order valence-corrected chi connectivity index (χ2v) is 9.15. The quantitative estimate of drug-likeness (QED) is 0.373. The maximum Gasteiger partial charge on any atom is 0.234 e. The minimum Gasteiger partial charge on any atom is -0.497 e. The zero-order chi connectivity index (χ0) is 24.7. The molecule has 2 amide bonds.